The van der Waals surface area contributed by atoms with Gasteiger partial charge in [-0.05, 0) is 37.6 Å². The van der Waals surface area contributed by atoms with Gasteiger partial charge in [-0.15, -0.1) is 11.3 Å². The summed E-state index contributed by atoms with van der Waals surface area (Å²) in [6.07, 6.45) is 0.919. The Labute approximate surface area is 165 Å². The Hall–Kier alpha value is -2.18. The molecule has 3 rings (SSSR count). The third-order valence-electron chi connectivity index (χ3n) is 5.05. The van der Waals surface area contributed by atoms with Crippen LogP contribution in [0.2, 0.25) is 0 Å². The molecule has 2 aromatic rings. The Balaban J connectivity index is 1.65. The highest BCUT2D eigenvalue weighted by atomic mass is 32.1. The van der Waals surface area contributed by atoms with Gasteiger partial charge in [0.2, 0.25) is 5.91 Å². The van der Waals surface area contributed by atoms with Crippen LogP contribution in [0.15, 0.2) is 36.4 Å². The highest BCUT2D eigenvalue weighted by molar-refractivity contribution is 7.14. The van der Waals surface area contributed by atoms with Crippen LogP contribution in [0.4, 0.5) is 0 Å². The number of nitrogens with one attached hydrogen (secondary N) is 1. The van der Waals surface area contributed by atoms with E-state index in [0.29, 0.717) is 11.4 Å². The van der Waals surface area contributed by atoms with Crippen LogP contribution in [0, 0.1) is 6.92 Å². The van der Waals surface area contributed by atoms with E-state index in [-0.39, 0.29) is 24.4 Å². The summed E-state index contributed by atoms with van der Waals surface area (Å²) in [4.78, 5) is 31.3. The topological polar surface area (TPSA) is 52.7 Å². The SMILES string of the molecule is CCc1sc(C(=O)NCC(=O)N2CCN(C)CC2c2ccccc2)cc1C. The lowest BCUT2D eigenvalue weighted by Gasteiger charge is -2.40. The van der Waals surface area contributed by atoms with E-state index in [1.54, 1.807) is 0 Å². The van der Waals surface area contributed by atoms with Crippen molar-refractivity contribution in [1.82, 2.24) is 15.1 Å². The van der Waals surface area contributed by atoms with Gasteiger partial charge in [0.1, 0.15) is 0 Å². The first-order valence-corrected chi connectivity index (χ1v) is 10.2. The molecule has 1 aliphatic rings. The molecular formula is C21H27N3O2S. The molecule has 1 atom stereocenters. The third-order valence-corrected chi connectivity index (χ3v) is 6.43. The number of hydrogen-bond donors (Lipinski definition) is 1. The molecule has 1 fully saturated rings. The molecule has 2 amide bonds. The molecule has 2 heterocycles. The summed E-state index contributed by atoms with van der Waals surface area (Å²) < 4.78 is 0. The average Bonchev–Trinajstić information content (AvgIpc) is 3.07. The minimum absolute atomic E-state index is 0.0185. The van der Waals surface area contributed by atoms with Crippen molar-refractivity contribution in [3.8, 4) is 0 Å². The van der Waals surface area contributed by atoms with E-state index in [4.69, 9.17) is 0 Å². The van der Waals surface area contributed by atoms with Gasteiger partial charge in [0.05, 0.1) is 17.5 Å². The van der Waals surface area contributed by atoms with Crippen LogP contribution < -0.4 is 5.32 Å². The fourth-order valence-electron chi connectivity index (χ4n) is 3.51. The number of piperazine rings is 1. The van der Waals surface area contributed by atoms with Gasteiger partial charge < -0.3 is 15.1 Å². The molecule has 0 bridgehead atoms. The van der Waals surface area contributed by atoms with Gasteiger partial charge in [-0.2, -0.15) is 0 Å². The Morgan fingerprint density at radius 1 is 1.22 bits per heavy atom. The first kappa shape index (κ1) is 19.6. The van der Waals surface area contributed by atoms with Gasteiger partial charge in [0.25, 0.3) is 5.91 Å². The zero-order chi connectivity index (χ0) is 19.4. The normalized spacial score (nSPS) is 17.7. The maximum atomic E-state index is 12.8. The van der Waals surface area contributed by atoms with Crippen molar-refractivity contribution in [2.75, 3.05) is 33.2 Å². The van der Waals surface area contributed by atoms with Gasteiger partial charge in [-0.3, -0.25) is 9.59 Å². The molecule has 1 aliphatic heterocycles. The van der Waals surface area contributed by atoms with Crippen molar-refractivity contribution in [2.45, 2.75) is 26.3 Å². The van der Waals surface area contributed by atoms with Gasteiger partial charge >= 0.3 is 0 Å². The fraction of sp³-hybridized carbons (Fsp3) is 0.429. The van der Waals surface area contributed by atoms with E-state index >= 15 is 0 Å². The van der Waals surface area contributed by atoms with E-state index < -0.39 is 0 Å². The molecule has 5 nitrogen and oxygen atoms in total. The zero-order valence-electron chi connectivity index (χ0n) is 16.2. The van der Waals surface area contributed by atoms with Crippen molar-refractivity contribution >= 4 is 23.2 Å². The van der Waals surface area contributed by atoms with Crippen LogP contribution >= 0.6 is 11.3 Å². The molecule has 1 aromatic heterocycles. The van der Waals surface area contributed by atoms with E-state index in [1.165, 1.54) is 16.2 Å². The number of rotatable bonds is 5. The fourth-order valence-corrected chi connectivity index (χ4v) is 4.54. The van der Waals surface area contributed by atoms with Crippen LogP contribution in [0.5, 0.6) is 0 Å². The number of aryl methyl sites for hydroxylation is 2. The predicted octanol–water partition coefficient (Wildman–Crippen LogP) is 2.86. The number of benzene rings is 1. The quantitative estimate of drug-likeness (QED) is 0.861. The lowest BCUT2D eigenvalue weighted by atomic mass is 10.0. The molecule has 6 heteroatoms. The van der Waals surface area contributed by atoms with Crippen LogP contribution in [0.25, 0.3) is 0 Å². The van der Waals surface area contributed by atoms with E-state index in [1.807, 2.05) is 36.1 Å². The Morgan fingerprint density at radius 3 is 2.63 bits per heavy atom. The van der Waals surface area contributed by atoms with E-state index in [9.17, 15) is 9.59 Å². The smallest absolute Gasteiger partial charge is 0.261 e. The first-order chi connectivity index (χ1) is 13.0. The maximum absolute atomic E-state index is 12.8. The number of carbonyl (C=O) groups is 2. The Bertz CT molecular complexity index is 803. The Kier molecular flexibility index (Phi) is 6.29. The van der Waals surface area contributed by atoms with Crippen molar-refractivity contribution in [3.05, 3.63) is 57.3 Å². The second kappa shape index (κ2) is 8.67. The monoisotopic (exact) mass is 385 g/mol. The van der Waals surface area contributed by atoms with Crippen molar-refractivity contribution in [3.63, 3.8) is 0 Å². The van der Waals surface area contributed by atoms with Gasteiger partial charge in [-0.1, -0.05) is 37.3 Å². The van der Waals surface area contributed by atoms with Crippen LogP contribution in [0.1, 0.15) is 38.6 Å². The molecule has 0 radical (unpaired) electrons. The molecule has 0 saturated carbocycles. The molecule has 1 aromatic carbocycles. The molecule has 144 valence electrons. The largest absolute Gasteiger partial charge is 0.342 e. The van der Waals surface area contributed by atoms with Crippen molar-refractivity contribution in [2.24, 2.45) is 0 Å². The van der Waals surface area contributed by atoms with Gasteiger partial charge in [0, 0.05) is 24.5 Å². The third kappa shape index (κ3) is 4.57. The molecule has 1 saturated heterocycles. The number of carbonyl (C=O) groups excluding carboxylic acids is 2. The zero-order valence-corrected chi connectivity index (χ0v) is 17.0. The van der Waals surface area contributed by atoms with Crippen LogP contribution in [0.3, 0.4) is 0 Å². The molecule has 1 N–H and O–H groups in total. The minimum atomic E-state index is -0.165. The van der Waals surface area contributed by atoms with E-state index in [0.717, 1.165) is 30.6 Å². The number of amides is 2. The summed E-state index contributed by atoms with van der Waals surface area (Å²) in [6.45, 7) is 6.45. The van der Waals surface area contributed by atoms with Gasteiger partial charge in [0.15, 0.2) is 0 Å². The number of nitrogens with zero attached hydrogens (tertiary/aromatic N) is 2. The minimum Gasteiger partial charge on any atom is -0.342 e. The lowest BCUT2D eigenvalue weighted by Crippen LogP contribution is -2.51. The van der Waals surface area contributed by atoms with Crippen LogP contribution in [-0.2, 0) is 11.2 Å². The van der Waals surface area contributed by atoms with Gasteiger partial charge in [-0.25, -0.2) is 0 Å². The first-order valence-electron chi connectivity index (χ1n) is 9.40. The maximum Gasteiger partial charge on any atom is 0.261 e. The molecule has 27 heavy (non-hydrogen) atoms. The lowest BCUT2D eigenvalue weighted by molar-refractivity contribution is -0.135. The summed E-state index contributed by atoms with van der Waals surface area (Å²) in [5.41, 5.74) is 2.27. The second-order valence-corrected chi connectivity index (χ2v) is 8.17. The molecular weight excluding hydrogens is 358 g/mol. The average molecular weight is 386 g/mol. The molecule has 0 aliphatic carbocycles. The molecule has 1 unspecified atom stereocenters. The van der Waals surface area contributed by atoms with Crippen LogP contribution in [-0.4, -0.2) is 54.8 Å². The summed E-state index contributed by atoms with van der Waals surface area (Å²) in [6, 6.07) is 12.0. The molecule has 0 spiro atoms. The Morgan fingerprint density at radius 2 is 1.96 bits per heavy atom. The van der Waals surface area contributed by atoms with Crippen molar-refractivity contribution in [1.29, 1.82) is 0 Å². The summed E-state index contributed by atoms with van der Waals surface area (Å²) in [5, 5.41) is 2.81. The summed E-state index contributed by atoms with van der Waals surface area (Å²) in [7, 11) is 2.07. The summed E-state index contributed by atoms with van der Waals surface area (Å²) in [5.74, 6) is -0.198. The highest BCUT2D eigenvalue weighted by Crippen LogP contribution is 2.25. The second-order valence-electron chi connectivity index (χ2n) is 7.03. The number of likely N-dealkylation sites (N-methyl/N-ethyl adjacent to an activating group) is 1. The van der Waals surface area contributed by atoms with E-state index in [2.05, 4.69) is 36.3 Å². The number of hydrogen-bond acceptors (Lipinski definition) is 4. The standard InChI is InChI=1S/C21H27N3O2S/c1-4-18-15(2)12-19(27-18)21(26)22-13-20(25)24-11-10-23(3)14-17(24)16-8-6-5-7-9-16/h5-9,12,17H,4,10-11,13-14H2,1-3H3,(H,22,26). The predicted molar refractivity (Wildman–Crippen MR) is 109 cm³/mol. The number of thiophene rings is 1. The van der Waals surface area contributed by atoms with Crippen molar-refractivity contribution < 1.29 is 9.59 Å². The summed E-state index contributed by atoms with van der Waals surface area (Å²) >= 11 is 1.51. The highest BCUT2D eigenvalue weighted by Gasteiger charge is 2.30.